The van der Waals surface area contributed by atoms with Crippen molar-refractivity contribution in [2.75, 3.05) is 24.2 Å². The Labute approximate surface area is 101 Å². The highest BCUT2D eigenvalue weighted by Gasteiger charge is 2.23. The van der Waals surface area contributed by atoms with Crippen LogP contribution >= 0.6 is 0 Å². The van der Waals surface area contributed by atoms with Gasteiger partial charge in [0.25, 0.3) is 0 Å². The molecule has 1 aliphatic heterocycles. The number of anilines is 1. The van der Waals surface area contributed by atoms with Crippen LogP contribution < -0.4 is 4.90 Å². The fraction of sp³-hybridized carbons (Fsp3) is 0.417. The lowest BCUT2D eigenvalue weighted by Crippen LogP contribution is -2.21. The number of sulfone groups is 1. The minimum Gasteiger partial charge on any atom is -0.368 e. The van der Waals surface area contributed by atoms with Crippen LogP contribution in [0.25, 0.3) is 0 Å². The van der Waals surface area contributed by atoms with Crippen molar-refractivity contribution >= 4 is 21.8 Å². The van der Waals surface area contributed by atoms with Gasteiger partial charge in [-0.2, -0.15) is 0 Å². The van der Waals surface area contributed by atoms with E-state index in [0.29, 0.717) is 17.9 Å². The van der Waals surface area contributed by atoms with Crippen LogP contribution in [0.1, 0.15) is 12.0 Å². The summed E-state index contributed by atoms with van der Waals surface area (Å²) in [5.41, 5.74) is 1.75. The van der Waals surface area contributed by atoms with Gasteiger partial charge in [0.1, 0.15) is 6.29 Å². The van der Waals surface area contributed by atoms with Gasteiger partial charge in [0.15, 0.2) is 9.84 Å². The maximum atomic E-state index is 11.8. The van der Waals surface area contributed by atoms with Gasteiger partial charge in [0.2, 0.25) is 0 Å². The molecule has 0 aromatic heterocycles. The van der Waals surface area contributed by atoms with Gasteiger partial charge in [0.05, 0.1) is 17.2 Å². The number of hydrogen-bond donors (Lipinski definition) is 0. The summed E-state index contributed by atoms with van der Waals surface area (Å²) in [5.74, 6) is 0.240. The Bertz CT molecular complexity index is 537. The maximum absolute atomic E-state index is 11.8. The average Bonchev–Trinajstić information content (AvgIpc) is 2.28. The standard InChI is InChI=1S/C12H15NO3S/c1-13(6-7-14)11-4-5-12-10(9-11)3-2-8-17(12,15)16/h4-5,7,9H,2-3,6,8H2,1H3. The van der Waals surface area contributed by atoms with Gasteiger partial charge in [0, 0.05) is 12.7 Å². The third-order valence-corrected chi connectivity index (χ3v) is 4.92. The summed E-state index contributed by atoms with van der Waals surface area (Å²) >= 11 is 0. The maximum Gasteiger partial charge on any atom is 0.178 e. The lowest BCUT2D eigenvalue weighted by molar-refractivity contribution is -0.106. The molecule has 0 amide bonds. The van der Waals surface area contributed by atoms with Crippen molar-refractivity contribution < 1.29 is 13.2 Å². The molecular formula is C12H15NO3S. The Kier molecular flexibility index (Phi) is 3.19. The molecule has 17 heavy (non-hydrogen) atoms. The number of carbonyl (C=O) groups is 1. The highest BCUT2D eigenvalue weighted by Crippen LogP contribution is 2.28. The number of aryl methyl sites for hydroxylation is 1. The van der Waals surface area contributed by atoms with Gasteiger partial charge >= 0.3 is 0 Å². The second-order valence-corrected chi connectivity index (χ2v) is 6.34. The normalized spacial score (nSPS) is 17.2. The first-order chi connectivity index (χ1) is 8.04. The summed E-state index contributed by atoms with van der Waals surface area (Å²) in [6.45, 7) is 0.311. The highest BCUT2D eigenvalue weighted by molar-refractivity contribution is 7.91. The van der Waals surface area contributed by atoms with Crippen molar-refractivity contribution in [1.29, 1.82) is 0 Å². The number of fused-ring (bicyclic) bond motifs is 1. The summed E-state index contributed by atoms with van der Waals surface area (Å²) in [7, 11) is -1.27. The van der Waals surface area contributed by atoms with Crippen LogP contribution in [-0.4, -0.2) is 34.0 Å². The molecule has 0 saturated carbocycles. The number of aldehydes is 1. The molecule has 0 radical (unpaired) electrons. The number of benzene rings is 1. The second kappa shape index (κ2) is 4.49. The first-order valence-electron chi connectivity index (χ1n) is 5.55. The van der Waals surface area contributed by atoms with Crippen LogP contribution in [-0.2, 0) is 21.1 Å². The average molecular weight is 253 g/mol. The smallest absolute Gasteiger partial charge is 0.178 e. The molecule has 0 bridgehead atoms. The molecule has 5 heteroatoms. The zero-order chi connectivity index (χ0) is 12.5. The Morgan fingerprint density at radius 2 is 2.18 bits per heavy atom. The summed E-state index contributed by atoms with van der Waals surface area (Å²) in [5, 5.41) is 0. The number of rotatable bonds is 3. The molecule has 0 saturated heterocycles. The van der Waals surface area contributed by atoms with E-state index in [9.17, 15) is 13.2 Å². The third kappa shape index (κ3) is 2.34. The summed E-state index contributed by atoms with van der Waals surface area (Å²) in [6.07, 6.45) is 2.30. The third-order valence-electron chi connectivity index (χ3n) is 3.03. The zero-order valence-electron chi connectivity index (χ0n) is 9.72. The molecule has 0 atom stereocenters. The van der Waals surface area contributed by atoms with Gasteiger partial charge < -0.3 is 9.69 Å². The topological polar surface area (TPSA) is 54.5 Å². The van der Waals surface area contributed by atoms with E-state index in [4.69, 9.17) is 0 Å². The van der Waals surface area contributed by atoms with Gasteiger partial charge in [-0.15, -0.1) is 0 Å². The number of nitrogens with zero attached hydrogens (tertiary/aromatic N) is 1. The fourth-order valence-corrected chi connectivity index (χ4v) is 3.66. The van der Waals surface area contributed by atoms with Crippen LogP contribution in [0.15, 0.2) is 23.1 Å². The van der Waals surface area contributed by atoms with Crippen molar-refractivity contribution in [3.63, 3.8) is 0 Å². The second-order valence-electron chi connectivity index (χ2n) is 4.26. The monoisotopic (exact) mass is 253 g/mol. The van der Waals surface area contributed by atoms with Crippen molar-refractivity contribution in [3.8, 4) is 0 Å². The summed E-state index contributed by atoms with van der Waals surface area (Å²) < 4.78 is 23.6. The van der Waals surface area contributed by atoms with Gasteiger partial charge in [-0.3, -0.25) is 0 Å². The van der Waals surface area contributed by atoms with Crippen LogP contribution in [0, 0.1) is 0 Å². The zero-order valence-corrected chi connectivity index (χ0v) is 10.5. The molecule has 1 heterocycles. The number of carbonyl (C=O) groups excluding carboxylic acids is 1. The Hall–Kier alpha value is -1.36. The molecule has 4 nitrogen and oxygen atoms in total. The first kappa shape index (κ1) is 12.1. The molecule has 1 aromatic rings. The minimum atomic E-state index is -3.08. The van der Waals surface area contributed by atoms with Gasteiger partial charge in [-0.1, -0.05) is 0 Å². The molecular weight excluding hydrogens is 238 g/mol. The molecule has 0 aliphatic carbocycles. The predicted octanol–water partition coefficient (Wildman–Crippen LogP) is 1.04. The fourth-order valence-electron chi connectivity index (χ4n) is 2.08. The van der Waals surface area contributed by atoms with Crippen molar-refractivity contribution in [3.05, 3.63) is 23.8 Å². The lowest BCUT2D eigenvalue weighted by atomic mass is 10.1. The SMILES string of the molecule is CN(CC=O)c1ccc2c(c1)CCCS2(=O)=O. The molecule has 0 N–H and O–H groups in total. The predicted molar refractivity (Wildman–Crippen MR) is 66.1 cm³/mol. The van der Waals surface area contributed by atoms with Gasteiger partial charge in [-0.25, -0.2) is 8.42 Å². The Morgan fingerprint density at radius 3 is 2.88 bits per heavy atom. The number of likely N-dealkylation sites (N-methyl/N-ethyl adjacent to an activating group) is 1. The summed E-state index contributed by atoms with van der Waals surface area (Å²) in [4.78, 5) is 12.7. The molecule has 1 aliphatic rings. The largest absolute Gasteiger partial charge is 0.368 e. The van der Waals surface area contributed by atoms with E-state index >= 15 is 0 Å². The molecule has 92 valence electrons. The lowest BCUT2D eigenvalue weighted by Gasteiger charge is -2.21. The molecule has 0 fully saturated rings. The van der Waals surface area contributed by atoms with E-state index in [1.807, 2.05) is 13.1 Å². The first-order valence-corrected chi connectivity index (χ1v) is 7.20. The van der Waals surface area contributed by atoms with Crippen molar-refractivity contribution in [2.45, 2.75) is 17.7 Å². The van der Waals surface area contributed by atoms with E-state index < -0.39 is 9.84 Å². The van der Waals surface area contributed by atoms with Gasteiger partial charge in [-0.05, 0) is 36.6 Å². The van der Waals surface area contributed by atoms with Crippen LogP contribution in [0.4, 0.5) is 5.69 Å². The van der Waals surface area contributed by atoms with E-state index in [2.05, 4.69) is 0 Å². The Morgan fingerprint density at radius 1 is 1.41 bits per heavy atom. The van der Waals surface area contributed by atoms with E-state index in [1.54, 1.807) is 17.0 Å². The van der Waals surface area contributed by atoms with Crippen molar-refractivity contribution in [2.24, 2.45) is 0 Å². The van der Waals surface area contributed by atoms with Crippen LogP contribution in [0.3, 0.4) is 0 Å². The molecule has 0 spiro atoms. The molecule has 2 rings (SSSR count). The number of hydrogen-bond acceptors (Lipinski definition) is 4. The molecule has 1 aromatic carbocycles. The van der Waals surface area contributed by atoms with E-state index in [1.165, 1.54) is 0 Å². The van der Waals surface area contributed by atoms with Crippen LogP contribution in [0.2, 0.25) is 0 Å². The highest BCUT2D eigenvalue weighted by atomic mass is 32.2. The minimum absolute atomic E-state index is 0.240. The van der Waals surface area contributed by atoms with Crippen LogP contribution in [0.5, 0.6) is 0 Å². The Balaban J connectivity index is 2.41. The van der Waals surface area contributed by atoms with E-state index in [0.717, 1.165) is 24.0 Å². The summed E-state index contributed by atoms with van der Waals surface area (Å²) in [6, 6.07) is 5.28. The van der Waals surface area contributed by atoms with Crippen molar-refractivity contribution in [1.82, 2.24) is 0 Å². The van der Waals surface area contributed by atoms with E-state index in [-0.39, 0.29) is 5.75 Å². The molecule has 0 unspecified atom stereocenters. The quantitative estimate of drug-likeness (QED) is 0.755.